The molecule has 0 saturated carbocycles. The molecule has 0 aliphatic heterocycles. The average Bonchev–Trinajstić information content (AvgIpc) is 3.19. The van der Waals surface area contributed by atoms with Crippen molar-refractivity contribution in [2.75, 3.05) is 6.61 Å². The SMILES string of the molecule is CCCCCCCCCCCCCCCCC/C=C/[C@@H](O)[C@H](CO)NC(=O)CCCCCCCCCCCCCCCCCCCCCCCCCCCC. The fraction of sp³-hybridized carbons (Fsp3) is 0.941. The predicted molar refractivity (Wildman–Crippen MR) is 244 cm³/mol. The van der Waals surface area contributed by atoms with Crippen LogP contribution in [0.15, 0.2) is 12.2 Å². The summed E-state index contributed by atoms with van der Waals surface area (Å²) in [5.74, 6) is -0.0572. The van der Waals surface area contributed by atoms with Gasteiger partial charge in [-0.3, -0.25) is 4.79 Å². The van der Waals surface area contributed by atoms with Crippen molar-refractivity contribution in [1.82, 2.24) is 5.32 Å². The number of amides is 1. The molecular weight excluding hydrogens is 675 g/mol. The normalized spacial score (nSPS) is 12.9. The molecule has 0 fully saturated rings. The second-order valence-electron chi connectivity index (χ2n) is 17.6. The highest BCUT2D eigenvalue weighted by molar-refractivity contribution is 5.76. The zero-order valence-electron chi connectivity index (χ0n) is 37.7. The van der Waals surface area contributed by atoms with E-state index in [1.165, 1.54) is 244 Å². The van der Waals surface area contributed by atoms with E-state index in [1.807, 2.05) is 6.08 Å². The standard InChI is InChI=1S/C51H101NO3/c1-3-5-7-9-11-13-15-17-19-21-22-23-24-25-26-27-28-29-31-33-35-37-39-41-43-45-47-51(55)52-49(48-53)50(54)46-44-42-40-38-36-34-32-30-20-18-16-14-12-10-8-6-4-2/h44,46,49-50,53-54H,3-43,45,47-48H2,1-2H3,(H,52,55)/b46-44+/t49-,50+/m0/s1. The number of aliphatic hydroxyl groups excluding tert-OH is 2. The Bertz CT molecular complexity index is 754. The Morgan fingerprint density at radius 1 is 0.418 bits per heavy atom. The highest BCUT2D eigenvalue weighted by atomic mass is 16.3. The summed E-state index contributed by atoms with van der Waals surface area (Å²) in [6.07, 6.45) is 60.6. The van der Waals surface area contributed by atoms with Gasteiger partial charge in [0.1, 0.15) is 0 Å². The first-order valence-electron chi connectivity index (χ1n) is 25.4. The first-order valence-corrected chi connectivity index (χ1v) is 25.4. The van der Waals surface area contributed by atoms with Crippen LogP contribution in [0.4, 0.5) is 0 Å². The third-order valence-electron chi connectivity index (χ3n) is 12.0. The van der Waals surface area contributed by atoms with Crippen molar-refractivity contribution in [3.63, 3.8) is 0 Å². The van der Waals surface area contributed by atoms with E-state index in [4.69, 9.17) is 0 Å². The smallest absolute Gasteiger partial charge is 0.220 e. The van der Waals surface area contributed by atoms with Crippen LogP contribution in [0.5, 0.6) is 0 Å². The van der Waals surface area contributed by atoms with E-state index < -0.39 is 12.1 Å². The Morgan fingerprint density at radius 2 is 0.673 bits per heavy atom. The molecular formula is C51H101NO3. The van der Waals surface area contributed by atoms with Crippen LogP contribution in [0, 0.1) is 0 Å². The summed E-state index contributed by atoms with van der Waals surface area (Å²) in [5.41, 5.74) is 0. The van der Waals surface area contributed by atoms with Crippen molar-refractivity contribution in [1.29, 1.82) is 0 Å². The third kappa shape index (κ3) is 44.1. The van der Waals surface area contributed by atoms with Crippen molar-refractivity contribution >= 4 is 5.91 Å². The van der Waals surface area contributed by atoms with Crippen LogP contribution in [-0.2, 0) is 4.79 Å². The molecule has 0 aliphatic carbocycles. The first kappa shape index (κ1) is 54.1. The summed E-state index contributed by atoms with van der Waals surface area (Å²) in [6.45, 7) is 4.34. The molecule has 0 bridgehead atoms. The summed E-state index contributed by atoms with van der Waals surface area (Å²) in [5, 5.41) is 23.1. The number of hydrogen-bond donors (Lipinski definition) is 3. The molecule has 0 radical (unpaired) electrons. The van der Waals surface area contributed by atoms with Gasteiger partial charge in [-0.2, -0.15) is 0 Å². The molecule has 0 aromatic rings. The zero-order chi connectivity index (χ0) is 40.0. The minimum Gasteiger partial charge on any atom is -0.394 e. The average molecular weight is 776 g/mol. The van der Waals surface area contributed by atoms with E-state index >= 15 is 0 Å². The molecule has 3 N–H and O–H groups in total. The van der Waals surface area contributed by atoms with E-state index in [0.29, 0.717) is 6.42 Å². The molecule has 0 aromatic carbocycles. The Balaban J connectivity index is 3.45. The van der Waals surface area contributed by atoms with Crippen molar-refractivity contribution in [3.8, 4) is 0 Å². The second-order valence-corrected chi connectivity index (χ2v) is 17.6. The fourth-order valence-electron chi connectivity index (χ4n) is 8.12. The van der Waals surface area contributed by atoms with E-state index in [-0.39, 0.29) is 12.5 Å². The van der Waals surface area contributed by atoms with Gasteiger partial charge < -0.3 is 15.5 Å². The van der Waals surface area contributed by atoms with Crippen LogP contribution in [0.25, 0.3) is 0 Å². The molecule has 0 aromatic heterocycles. The van der Waals surface area contributed by atoms with Crippen molar-refractivity contribution in [2.24, 2.45) is 0 Å². The van der Waals surface area contributed by atoms with Gasteiger partial charge in [0.25, 0.3) is 0 Å². The number of carbonyl (C=O) groups is 1. The highest BCUT2D eigenvalue weighted by Gasteiger charge is 2.18. The van der Waals surface area contributed by atoms with Crippen LogP contribution in [0.3, 0.4) is 0 Å². The third-order valence-corrected chi connectivity index (χ3v) is 12.0. The lowest BCUT2D eigenvalue weighted by molar-refractivity contribution is -0.123. The number of nitrogens with one attached hydrogen (secondary N) is 1. The Morgan fingerprint density at radius 3 is 0.945 bits per heavy atom. The largest absolute Gasteiger partial charge is 0.394 e. The van der Waals surface area contributed by atoms with Gasteiger partial charge in [-0.1, -0.05) is 276 Å². The molecule has 55 heavy (non-hydrogen) atoms. The molecule has 0 spiro atoms. The summed E-state index contributed by atoms with van der Waals surface area (Å²) in [7, 11) is 0. The Hall–Kier alpha value is -0.870. The van der Waals surface area contributed by atoms with Gasteiger partial charge in [0, 0.05) is 6.42 Å². The molecule has 0 saturated heterocycles. The van der Waals surface area contributed by atoms with Gasteiger partial charge in [0.2, 0.25) is 5.91 Å². The maximum atomic E-state index is 12.4. The molecule has 0 unspecified atom stereocenters. The number of allylic oxidation sites excluding steroid dienone is 1. The van der Waals surface area contributed by atoms with Gasteiger partial charge in [0.15, 0.2) is 0 Å². The monoisotopic (exact) mass is 776 g/mol. The van der Waals surface area contributed by atoms with Crippen LogP contribution in [-0.4, -0.2) is 34.9 Å². The van der Waals surface area contributed by atoms with Crippen LogP contribution < -0.4 is 5.32 Å². The van der Waals surface area contributed by atoms with Gasteiger partial charge in [-0.25, -0.2) is 0 Å². The summed E-state index contributed by atoms with van der Waals surface area (Å²) in [6, 6.07) is -0.617. The Labute approximate surface area is 346 Å². The van der Waals surface area contributed by atoms with Gasteiger partial charge in [-0.15, -0.1) is 0 Å². The molecule has 328 valence electrons. The number of carbonyl (C=O) groups excluding carboxylic acids is 1. The molecule has 4 nitrogen and oxygen atoms in total. The molecule has 0 rings (SSSR count). The lowest BCUT2D eigenvalue weighted by Crippen LogP contribution is -2.45. The van der Waals surface area contributed by atoms with Crippen LogP contribution in [0.1, 0.15) is 290 Å². The predicted octanol–water partition coefficient (Wildman–Crippen LogP) is 16.2. The summed E-state index contributed by atoms with van der Waals surface area (Å²) >= 11 is 0. The van der Waals surface area contributed by atoms with Gasteiger partial charge >= 0.3 is 0 Å². The lowest BCUT2D eigenvalue weighted by Gasteiger charge is -2.20. The Kier molecular flexibility index (Phi) is 46.8. The number of hydrogen-bond acceptors (Lipinski definition) is 3. The van der Waals surface area contributed by atoms with Crippen LogP contribution >= 0.6 is 0 Å². The second kappa shape index (κ2) is 47.5. The van der Waals surface area contributed by atoms with E-state index in [0.717, 1.165) is 25.7 Å². The minimum atomic E-state index is -0.834. The van der Waals surface area contributed by atoms with Crippen LogP contribution in [0.2, 0.25) is 0 Å². The fourth-order valence-corrected chi connectivity index (χ4v) is 8.12. The molecule has 0 heterocycles. The van der Waals surface area contributed by atoms with E-state index in [1.54, 1.807) is 6.08 Å². The minimum absolute atomic E-state index is 0.0572. The molecule has 1 amide bonds. The van der Waals surface area contributed by atoms with E-state index in [9.17, 15) is 15.0 Å². The van der Waals surface area contributed by atoms with E-state index in [2.05, 4.69) is 19.2 Å². The highest BCUT2D eigenvalue weighted by Crippen LogP contribution is 2.17. The topological polar surface area (TPSA) is 69.6 Å². The summed E-state index contributed by atoms with van der Waals surface area (Å²) < 4.78 is 0. The van der Waals surface area contributed by atoms with Crippen molar-refractivity contribution in [3.05, 3.63) is 12.2 Å². The zero-order valence-corrected chi connectivity index (χ0v) is 37.7. The number of unbranched alkanes of at least 4 members (excludes halogenated alkanes) is 40. The maximum absolute atomic E-state index is 12.4. The van der Waals surface area contributed by atoms with Crippen molar-refractivity contribution in [2.45, 2.75) is 302 Å². The molecule has 4 heteroatoms. The molecule has 2 atom stereocenters. The summed E-state index contributed by atoms with van der Waals surface area (Å²) in [4.78, 5) is 12.4. The quantitative estimate of drug-likeness (QED) is 0.0426. The van der Waals surface area contributed by atoms with Gasteiger partial charge in [0.05, 0.1) is 18.8 Å². The number of rotatable bonds is 47. The maximum Gasteiger partial charge on any atom is 0.220 e. The van der Waals surface area contributed by atoms with Gasteiger partial charge in [-0.05, 0) is 19.3 Å². The van der Waals surface area contributed by atoms with Crippen molar-refractivity contribution < 1.29 is 15.0 Å². The number of aliphatic hydroxyl groups is 2. The first-order chi connectivity index (χ1) is 27.2. The molecule has 0 aliphatic rings. The lowest BCUT2D eigenvalue weighted by atomic mass is 10.0.